The molecule has 0 radical (unpaired) electrons. The van der Waals surface area contributed by atoms with Gasteiger partial charge in [-0.05, 0) is 37.2 Å². The highest BCUT2D eigenvalue weighted by molar-refractivity contribution is 5.97. The van der Waals surface area contributed by atoms with Gasteiger partial charge in [0.15, 0.2) is 5.78 Å². The van der Waals surface area contributed by atoms with Crippen LogP contribution in [-0.2, 0) is 0 Å². The van der Waals surface area contributed by atoms with E-state index in [-0.39, 0.29) is 11.9 Å². The van der Waals surface area contributed by atoms with Gasteiger partial charge in [0.25, 0.3) is 0 Å². The maximum atomic E-state index is 12.5. The van der Waals surface area contributed by atoms with Gasteiger partial charge in [-0.15, -0.1) is 0 Å². The number of benzene rings is 1. The number of piperidine rings is 1. The SMILES string of the molecule is CC(C)c1ccc(C(=O)CN2C3CCC2CC(O)C3)cc1. The van der Waals surface area contributed by atoms with Gasteiger partial charge in [-0.2, -0.15) is 0 Å². The fourth-order valence-corrected chi connectivity index (χ4v) is 3.81. The van der Waals surface area contributed by atoms with Crippen molar-refractivity contribution in [1.82, 2.24) is 4.90 Å². The molecule has 2 bridgehead atoms. The lowest BCUT2D eigenvalue weighted by Crippen LogP contribution is -2.46. The zero-order valence-corrected chi connectivity index (χ0v) is 13.0. The van der Waals surface area contributed by atoms with Crippen LogP contribution in [0.4, 0.5) is 0 Å². The van der Waals surface area contributed by atoms with Crippen LogP contribution >= 0.6 is 0 Å². The summed E-state index contributed by atoms with van der Waals surface area (Å²) in [6.45, 7) is 4.82. The molecule has 0 amide bonds. The molecule has 3 heteroatoms. The van der Waals surface area contributed by atoms with E-state index in [4.69, 9.17) is 0 Å². The van der Waals surface area contributed by atoms with E-state index in [1.165, 1.54) is 5.56 Å². The Morgan fingerprint density at radius 3 is 2.29 bits per heavy atom. The largest absolute Gasteiger partial charge is 0.393 e. The van der Waals surface area contributed by atoms with Gasteiger partial charge in [0, 0.05) is 17.6 Å². The smallest absolute Gasteiger partial charge is 0.176 e. The van der Waals surface area contributed by atoms with Crippen molar-refractivity contribution in [3.8, 4) is 0 Å². The highest BCUT2D eigenvalue weighted by atomic mass is 16.3. The van der Waals surface area contributed by atoms with Crippen molar-refractivity contribution in [1.29, 1.82) is 0 Å². The minimum absolute atomic E-state index is 0.167. The second kappa shape index (κ2) is 5.90. The fourth-order valence-electron chi connectivity index (χ4n) is 3.81. The molecule has 3 nitrogen and oxygen atoms in total. The molecule has 2 unspecified atom stereocenters. The van der Waals surface area contributed by atoms with E-state index in [2.05, 4.69) is 30.9 Å². The lowest BCUT2D eigenvalue weighted by atomic mass is 9.97. The molecule has 2 heterocycles. The number of nitrogens with zero attached hydrogens (tertiary/aromatic N) is 1. The van der Waals surface area contributed by atoms with E-state index in [1.807, 2.05) is 12.1 Å². The van der Waals surface area contributed by atoms with Gasteiger partial charge in [0.2, 0.25) is 0 Å². The minimum Gasteiger partial charge on any atom is -0.393 e. The van der Waals surface area contributed by atoms with Gasteiger partial charge in [0.1, 0.15) is 0 Å². The highest BCUT2D eigenvalue weighted by Gasteiger charge is 2.40. The minimum atomic E-state index is -0.167. The topological polar surface area (TPSA) is 40.5 Å². The fraction of sp³-hybridized carbons (Fsp3) is 0.611. The van der Waals surface area contributed by atoms with Crippen LogP contribution in [0.2, 0.25) is 0 Å². The first-order valence-corrected chi connectivity index (χ1v) is 8.11. The number of Topliss-reactive ketones (excluding diaryl/α,β-unsaturated/α-hetero) is 1. The van der Waals surface area contributed by atoms with E-state index < -0.39 is 0 Å². The zero-order valence-electron chi connectivity index (χ0n) is 13.0. The number of ketones is 1. The Hall–Kier alpha value is -1.19. The van der Waals surface area contributed by atoms with Gasteiger partial charge in [-0.25, -0.2) is 0 Å². The molecule has 0 aromatic heterocycles. The van der Waals surface area contributed by atoms with Crippen molar-refractivity contribution >= 4 is 5.78 Å². The van der Waals surface area contributed by atoms with Crippen LogP contribution in [-0.4, -0.2) is 40.5 Å². The average Bonchev–Trinajstić information content (AvgIpc) is 2.70. The van der Waals surface area contributed by atoms with Crippen molar-refractivity contribution in [3.05, 3.63) is 35.4 Å². The van der Waals surface area contributed by atoms with Crippen LogP contribution in [0.1, 0.15) is 61.4 Å². The molecule has 2 saturated heterocycles. The van der Waals surface area contributed by atoms with Gasteiger partial charge >= 0.3 is 0 Å². The quantitative estimate of drug-likeness (QED) is 0.866. The van der Waals surface area contributed by atoms with Gasteiger partial charge in [-0.3, -0.25) is 9.69 Å². The number of hydrogen-bond donors (Lipinski definition) is 1. The molecule has 2 fully saturated rings. The molecule has 21 heavy (non-hydrogen) atoms. The summed E-state index contributed by atoms with van der Waals surface area (Å²) < 4.78 is 0. The lowest BCUT2D eigenvalue weighted by molar-refractivity contribution is 0.0344. The summed E-state index contributed by atoms with van der Waals surface area (Å²) in [5, 5.41) is 9.83. The predicted molar refractivity (Wildman–Crippen MR) is 83.6 cm³/mol. The number of aliphatic hydroxyl groups excluding tert-OH is 1. The first-order valence-electron chi connectivity index (χ1n) is 8.11. The average molecular weight is 287 g/mol. The number of fused-ring (bicyclic) bond motifs is 2. The van der Waals surface area contributed by atoms with Gasteiger partial charge in [0.05, 0.1) is 12.6 Å². The van der Waals surface area contributed by atoms with Crippen molar-refractivity contribution in [2.24, 2.45) is 0 Å². The normalized spacial score (nSPS) is 29.0. The molecule has 3 rings (SSSR count). The van der Waals surface area contributed by atoms with Crippen molar-refractivity contribution in [2.75, 3.05) is 6.54 Å². The Morgan fingerprint density at radius 2 is 1.76 bits per heavy atom. The second-order valence-corrected chi connectivity index (χ2v) is 6.88. The van der Waals surface area contributed by atoms with Crippen LogP contribution in [0, 0.1) is 0 Å². The standard InChI is InChI=1S/C18H25NO2/c1-12(2)13-3-5-14(6-4-13)18(21)11-19-15-7-8-16(19)10-17(20)9-15/h3-6,12,15-17,20H,7-11H2,1-2H3. The molecule has 2 aliphatic heterocycles. The van der Waals surface area contributed by atoms with Crippen LogP contribution in [0.3, 0.4) is 0 Å². The number of carbonyl (C=O) groups excluding carboxylic acids is 1. The van der Waals surface area contributed by atoms with E-state index in [1.54, 1.807) is 0 Å². The first-order chi connectivity index (χ1) is 10.0. The summed E-state index contributed by atoms with van der Waals surface area (Å²) in [6.07, 6.45) is 3.74. The summed E-state index contributed by atoms with van der Waals surface area (Å²) in [4.78, 5) is 14.8. The lowest BCUT2D eigenvalue weighted by Gasteiger charge is -2.36. The Kier molecular flexibility index (Phi) is 4.14. The molecule has 1 aromatic carbocycles. The summed E-state index contributed by atoms with van der Waals surface area (Å²) in [5.41, 5.74) is 2.08. The Bertz CT molecular complexity index is 494. The van der Waals surface area contributed by atoms with E-state index in [0.29, 0.717) is 24.5 Å². The van der Waals surface area contributed by atoms with E-state index in [0.717, 1.165) is 31.2 Å². The molecule has 1 N–H and O–H groups in total. The molecular weight excluding hydrogens is 262 g/mol. The third-order valence-electron chi connectivity index (χ3n) is 5.08. The number of aliphatic hydroxyl groups is 1. The molecule has 2 atom stereocenters. The number of rotatable bonds is 4. The van der Waals surface area contributed by atoms with Crippen molar-refractivity contribution < 1.29 is 9.90 Å². The van der Waals surface area contributed by atoms with Crippen LogP contribution in [0.5, 0.6) is 0 Å². The molecular formula is C18H25NO2. The maximum absolute atomic E-state index is 12.5. The molecule has 114 valence electrons. The number of hydrogen-bond acceptors (Lipinski definition) is 3. The summed E-state index contributed by atoms with van der Waals surface area (Å²) >= 11 is 0. The van der Waals surface area contributed by atoms with E-state index in [9.17, 15) is 9.90 Å². The predicted octanol–water partition coefficient (Wildman–Crippen LogP) is 2.98. The third-order valence-corrected chi connectivity index (χ3v) is 5.08. The monoisotopic (exact) mass is 287 g/mol. The summed E-state index contributed by atoms with van der Waals surface area (Å²) in [5.74, 6) is 0.701. The molecule has 2 aliphatic rings. The molecule has 0 aliphatic carbocycles. The molecule has 1 aromatic rings. The Morgan fingerprint density at radius 1 is 1.19 bits per heavy atom. The summed E-state index contributed by atoms with van der Waals surface area (Å²) in [6, 6.07) is 8.84. The van der Waals surface area contributed by atoms with Gasteiger partial charge < -0.3 is 5.11 Å². The number of carbonyl (C=O) groups is 1. The molecule has 0 saturated carbocycles. The first kappa shape index (κ1) is 14.7. The van der Waals surface area contributed by atoms with Crippen molar-refractivity contribution in [2.45, 2.75) is 63.6 Å². The van der Waals surface area contributed by atoms with Gasteiger partial charge in [-0.1, -0.05) is 38.1 Å². The van der Waals surface area contributed by atoms with Crippen LogP contribution in [0.25, 0.3) is 0 Å². The van der Waals surface area contributed by atoms with Crippen LogP contribution in [0.15, 0.2) is 24.3 Å². The maximum Gasteiger partial charge on any atom is 0.176 e. The van der Waals surface area contributed by atoms with Crippen LogP contribution < -0.4 is 0 Å². The zero-order chi connectivity index (χ0) is 15.0. The Labute approximate surface area is 127 Å². The third kappa shape index (κ3) is 3.04. The van der Waals surface area contributed by atoms with E-state index >= 15 is 0 Å². The van der Waals surface area contributed by atoms with Crippen molar-refractivity contribution in [3.63, 3.8) is 0 Å². The second-order valence-electron chi connectivity index (χ2n) is 6.88. The summed E-state index contributed by atoms with van der Waals surface area (Å²) in [7, 11) is 0. The highest BCUT2D eigenvalue weighted by Crippen LogP contribution is 2.35. The molecule has 0 spiro atoms. The Balaban J connectivity index is 1.66.